The number of pyridine rings is 1. The van der Waals surface area contributed by atoms with E-state index < -0.39 is 17.6 Å². The molecule has 0 fully saturated rings. The SMILES string of the molecule is CC(C)CNC(=O)c1ccc(COCc2cc(F)cc(C(F)(F)F)c2)cn1. The molecule has 0 saturated heterocycles. The quantitative estimate of drug-likeness (QED) is 0.723. The Hall–Kier alpha value is -2.48. The van der Waals surface area contributed by atoms with Crippen molar-refractivity contribution < 1.29 is 27.1 Å². The van der Waals surface area contributed by atoms with Gasteiger partial charge in [-0.1, -0.05) is 19.9 Å². The van der Waals surface area contributed by atoms with E-state index in [0.29, 0.717) is 24.1 Å². The molecule has 0 aliphatic heterocycles. The van der Waals surface area contributed by atoms with E-state index in [-0.39, 0.29) is 30.4 Å². The van der Waals surface area contributed by atoms with E-state index >= 15 is 0 Å². The number of rotatable bonds is 7. The Morgan fingerprint density at radius 1 is 1.15 bits per heavy atom. The highest BCUT2D eigenvalue weighted by Gasteiger charge is 2.31. The number of carbonyl (C=O) groups is 1. The van der Waals surface area contributed by atoms with Crippen molar-refractivity contribution in [2.24, 2.45) is 5.92 Å². The van der Waals surface area contributed by atoms with E-state index in [0.717, 1.165) is 12.1 Å². The molecule has 8 heteroatoms. The van der Waals surface area contributed by atoms with Gasteiger partial charge in [-0.2, -0.15) is 13.2 Å². The fraction of sp³-hybridized carbons (Fsp3) is 0.368. The van der Waals surface area contributed by atoms with E-state index in [2.05, 4.69) is 10.3 Å². The summed E-state index contributed by atoms with van der Waals surface area (Å²) in [7, 11) is 0. The zero-order valence-electron chi connectivity index (χ0n) is 14.9. The summed E-state index contributed by atoms with van der Waals surface area (Å²) in [6.45, 7) is 4.38. The Morgan fingerprint density at radius 3 is 2.44 bits per heavy atom. The minimum atomic E-state index is -4.62. The van der Waals surface area contributed by atoms with Gasteiger partial charge in [-0.3, -0.25) is 9.78 Å². The molecule has 0 spiro atoms. The normalized spacial score (nSPS) is 11.7. The number of amides is 1. The molecule has 27 heavy (non-hydrogen) atoms. The number of ether oxygens (including phenoxy) is 1. The van der Waals surface area contributed by atoms with E-state index in [1.165, 1.54) is 12.3 Å². The van der Waals surface area contributed by atoms with Crippen molar-refractivity contribution in [3.63, 3.8) is 0 Å². The second-order valence-electron chi connectivity index (χ2n) is 6.49. The molecule has 0 bridgehead atoms. The number of carbonyl (C=O) groups excluding carboxylic acids is 1. The molecule has 2 aromatic rings. The van der Waals surface area contributed by atoms with Crippen molar-refractivity contribution in [1.29, 1.82) is 0 Å². The van der Waals surface area contributed by atoms with E-state index in [1.807, 2.05) is 13.8 Å². The minimum absolute atomic E-state index is 0.0682. The van der Waals surface area contributed by atoms with Gasteiger partial charge in [0.15, 0.2) is 0 Å². The molecule has 0 saturated carbocycles. The monoisotopic (exact) mass is 384 g/mol. The smallest absolute Gasteiger partial charge is 0.372 e. The summed E-state index contributed by atoms with van der Waals surface area (Å²) < 4.78 is 56.7. The van der Waals surface area contributed by atoms with Crippen LogP contribution < -0.4 is 5.32 Å². The van der Waals surface area contributed by atoms with Crippen molar-refractivity contribution in [3.05, 3.63) is 64.7 Å². The van der Waals surface area contributed by atoms with Crippen molar-refractivity contribution in [3.8, 4) is 0 Å². The molecule has 4 nitrogen and oxygen atoms in total. The van der Waals surface area contributed by atoms with Crippen molar-refractivity contribution in [1.82, 2.24) is 10.3 Å². The first kappa shape index (κ1) is 20.8. The lowest BCUT2D eigenvalue weighted by Crippen LogP contribution is -2.28. The number of hydrogen-bond donors (Lipinski definition) is 1. The molecule has 2 rings (SSSR count). The Kier molecular flexibility index (Phi) is 6.90. The molecule has 1 aromatic heterocycles. The van der Waals surface area contributed by atoms with Crippen LogP contribution in [0, 0.1) is 11.7 Å². The highest BCUT2D eigenvalue weighted by Crippen LogP contribution is 2.30. The van der Waals surface area contributed by atoms with Crippen LogP contribution in [0.5, 0.6) is 0 Å². The molecule has 1 heterocycles. The summed E-state index contributed by atoms with van der Waals surface area (Å²) in [5, 5.41) is 2.75. The summed E-state index contributed by atoms with van der Waals surface area (Å²) >= 11 is 0. The van der Waals surface area contributed by atoms with Crippen LogP contribution in [0.25, 0.3) is 0 Å². The topological polar surface area (TPSA) is 51.2 Å². The largest absolute Gasteiger partial charge is 0.416 e. The molecule has 1 amide bonds. The summed E-state index contributed by atoms with van der Waals surface area (Å²) in [6.07, 6.45) is -3.16. The van der Waals surface area contributed by atoms with Gasteiger partial charge in [-0.05, 0) is 41.3 Å². The first-order valence-electron chi connectivity index (χ1n) is 8.32. The Balaban J connectivity index is 1.90. The maximum absolute atomic E-state index is 13.3. The van der Waals surface area contributed by atoms with Gasteiger partial charge >= 0.3 is 6.18 Å². The van der Waals surface area contributed by atoms with E-state index in [1.54, 1.807) is 6.07 Å². The molecule has 0 aliphatic carbocycles. The van der Waals surface area contributed by atoms with Crippen LogP contribution in [-0.4, -0.2) is 17.4 Å². The zero-order chi connectivity index (χ0) is 20.0. The lowest BCUT2D eigenvalue weighted by molar-refractivity contribution is -0.137. The average Bonchev–Trinajstić information content (AvgIpc) is 2.59. The molecular formula is C19H20F4N2O2. The van der Waals surface area contributed by atoms with Crippen molar-refractivity contribution in [2.45, 2.75) is 33.2 Å². The van der Waals surface area contributed by atoms with Gasteiger partial charge in [0, 0.05) is 12.7 Å². The summed E-state index contributed by atoms with van der Waals surface area (Å²) in [5.41, 5.74) is -0.0679. The second kappa shape index (κ2) is 8.94. The highest BCUT2D eigenvalue weighted by molar-refractivity contribution is 5.92. The highest BCUT2D eigenvalue weighted by atomic mass is 19.4. The number of nitrogens with zero attached hydrogens (tertiary/aromatic N) is 1. The Labute approximate surface area is 154 Å². The average molecular weight is 384 g/mol. The number of halogens is 4. The van der Waals surface area contributed by atoms with Crippen molar-refractivity contribution in [2.75, 3.05) is 6.54 Å². The molecule has 146 valence electrons. The molecule has 0 atom stereocenters. The minimum Gasteiger partial charge on any atom is -0.372 e. The molecule has 0 radical (unpaired) electrons. The van der Waals surface area contributed by atoms with Crippen LogP contribution in [0.2, 0.25) is 0 Å². The third-order valence-corrected chi connectivity index (χ3v) is 3.55. The summed E-state index contributed by atoms with van der Waals surface area (Å²) in [4.78, 5) is 15.9. The standard InChI is InChI=1S/C19H20F4N2O2/c1-12(2)8-25-18(26)17-4-3-13(9-24-17)10-27-11-14-5-15(19(21,22)23)7-16(20)6-14/h3-7,9,12H,8,10-11H2,1-2H3,(H,25,26). The first-order chi connectivity index (χ1) is 12.6. The van der Waals surface area contributed by atoms with Gasteiger partial charge < -0.3 is 10.1 Å². The number of alkyl halides is 3. The van der Waals surface area contributed by atoms with Crippen LogP contribution in [0.15, 0.2) is 36.5 Å². The van der Waals surface area contributed by atoms with Crippen LogP contribution >= 0.6 is 0 Å². The predicted molar refractivity (Wildman–Crippen MR) is 91.3 cm³/mol. The maximum Gasteiger partial charge on any atom is 0.416 e. The fourth-order valence-electron chi connectivity index (χ4n) is 2.22. The number of aromatic nitrogens is 1. The summed E-state index contributed by atoms with van der Waals surface area (Å²) in [5.74, 6) is -0.931. The van der Waals surface area contributed by atoms with Crippen LogP contribution in [0.4, 0.5) is 17.6 Å². The molecule has 1 N–H and O–H groups in total. The van der Waals surface area contributed by atoms with Crippen LogP contribution in [0.3, 0.4) is 0 Å². The van der Waals surface area contributed by atoms with Gasteiger partial charge in [-0.15, -0.1) is 0 Å². The van der Waals surface area contributed by atoms with Gasteiger partial charge in [0.2, 0.25) is 0 Å². The Bertz CT molecular complexity index is 774. The first-order valence-corrected chi connectivity index (χ1v) is 8.32. The Morgan fingerprint density at radius 2 is 1.85 bits per heavy atom. The van der Waals surface area contributed by atoms with Crippen LogP contribution in [0.1, 0.15) is 41.0 Å². The van der Waals surface area contributed by atoms with Crippen molar-refractivity contribution >= 4 is 5.91 Å². The summed E-state index contributed by atoms with van der Waals surface area (Å²) in [6, 6.07) is 5.47. The predicted octanol–water partition coefficient (Wildman–Crippen LogP) is 4.34. The van der Waals surface area contributed by atoms with Gasteiger partial charge in [0.1, 0.15) is 11.5 Å². The zero-order valence-corrected chi connectivity index (χ0v) is 14.9. The molecule has 0 aliphatic rings. The van der Waals surface area contributed by atoms with E-state index in [9.17, 15) is 22.4 Å². The number of benzene rings is 1. The lowest BCUT2D eigenvalue weighted by atomic mass is 10.1. The molecule has 0 unspecified atom stereocenters. The maximum atomic E-state index is 13.3. The van der Waals surface area contributed by atoms with Crippen LogP contribution in [-0.2, 0) is 24.1 Å². The third-order valence-electron chi connectivity index (χ3n) is 3.55. The lowest BCUT2D eigenvalue weighted by Gasteiger charge is -2.10. The molecule has 1 aromatic carbocycles. The second-order valence-corrected chi connectivity index (χ2v) is 6.49. The van der Waals surface area contributed by atoms with Gasteiger partial charge in [0.05, 0.1) is 18.8 Å². The van der Waals surface area contributed by atoms with Gasteiger partial charge in [-0.25, -0.2) is 4.39 Å². The number of nitrogens with one attached hydrogen (secondary N) is 1. The third kappa shape index (κ3) is 6.63. The number of hydrogen-bond acceptors (Lipinski definition) is 3. The fourth-order valence-corrected chi connectivity index (χ4v) is 2.22. The van der Waals surface area contributed by atoms with E-state index in [4.69, 9.17) is 4.74 Å². The molecular weight excluding hydrogens is 364 g/mol. The van der Waals surface area contributed by atoms with Gasteiger partial charge in [0.25, 0.3) is 5.91 Å².